The number of carboxylic acid groups (broad SMARTS) is 1. The smallest absolute Gasteiger partial charge is 0.307 e. The second kappa shape index (κ2) is 5.21. The minimum absolute atomic E-state index is 0.0148. The standard InChI is InChI=1S/C14H16O4/c1-18-13(15)8-12(14(16)17)11-6-9-4-2-3-5-10(9)7-11/h2-5,11-12H,6-8H2,1H3,(H,16,17)/t12-/m0/s1. The summed E-state index contributed by atoms with van der Waals surface area (Å²) in [7, 11) is 1.28. The molecular formula is C14H16O4. The van der Waals surface area contributed by atoms with E-state index in [-0.39, 0.29) is 12.3 Å². The van der Waals surface area contributed by atoms with E-state index in [1.54, 1.807) is 0 Å². The molecule has 0 spiro atoms. The quantitative estimate of drug-likeness (QED) is 0.823. The molecule has 96 valence electrons. The zero-order chi connectivity index (χ0) is 13.1. The van der Waals surface area contributed by atoms with Crippen molar-refractivity contribution in [3.63, 3.8) is 0 Å². The van der Waals surface area contributed by atoms with Crippen LogP contribution in [-0.4, -0.2) is 24.2 Å². The van der Waals surface area contributed by atoms with Crippen LogP contribution in [0.5, 0.6) is 0 Å². The minimum atomic E-state index is -0.918. The lowest BCUT2D eigenvalue weighted by atomic mass is 9.87. The van der Waals surface area contributed by atoms with Crippen LogP contribution in [0.3, 0.4) is 0 Å². The summed E-state index contributed by atoms with van der Waals surface area (Å²) < 4.78 is 4.57. The largest absolute Gasteiger partial charge is 0.481 e. The summed E-state index contributed by atoms with van der Waals surface area (Å²) >= 11 is 0. The lowest BCUT2D eigenvalue weighted by molar-refractivity contribution is -0.151. The Morgan fingerprint density at radius 2 is 1.89 bits per heavy atom. The van der Waals surface area contributed by atoms with E-state index in [9.17, 15) is 14.7 Å². The number of carbonyl (C=O) groups excluding carboxylic acids is 1. The maximum absolute atomic E-state index is 11.3. The van der Waals surface area contributed by atoms with Crippen LogP contribution >= 0.6 is 0 Å². The van der Waals surface area contributed by atoms with Crippen molar-refractivity contribution in [2.45, 2.75) is 19.3 Å². The van der Waals surface area contributed by atoms with Gasteiger partial charge in [0.1, 0.15) is 0 Å². The number of esters is 1. The summed E-state index contributed by atoms with van der Waals surface area (Å²) in [6.07, 6.45) is 1.40. The number of carbonyl (C=O) groups is 2. The van der Waals surface area contributed by atoms with E-state index in [1.807, 2.05) is 24.3 Å². The lowest BCUT2D eigenvalue weighted by Crippen LogP contribution is -2.27. The summed E-state index contributed by atoms with van der Waals surface area (Å²) in [5, 5.41) is 9.25. The van der Waals surface area contributed by atoms with Gasteiger partial charge in [-0.2, -0.15) is 0 Å². The molecule has 0 fully saturated rings. The summed E-state index contributed by atoms with van der Waals surface area (Å²) in [5.41, 5.74) is 2.39. The first-order valence-corrected chi connectivity index (χ1v) is 5.98. The minimum Gasteiger partial charge on any atom is -0.481 e. The molecule has 1 aromatic carbocycles. The van der Waals surface area contributed by atoms with Crippen LogP contribution in [0.4, 0.5) is 0 Å². The van der Waals surface area contributed by atoms with Gasteiger partial charge in [-0.1, -0.05) is 24.3 Å². The first kappa shape index (κ1) is 12.6. The zero-order valence-corrected chi connectivity index (χ0v) is 10.3. The second-order valence-electron chi connectivity index (χ2n) is 4.66. The molecule has 1 aromatic rings. The van der Waals surface area contributed by atoms with Crippen LogP contribution in [0.25, 0.3) is 0 Å². The van der Waals surface area contributed by atoms with Gasteiger partial charge >= 0.3 is 11.9 Å². The van der Waals surface area contributed by atoms with E-state index >= 15 is 0 Å². The van der Waals surface area contributed by atoms with E-state index < -0.39 is 17.9 Å². The van der Waals surface area contributed by atoms with E-state index in [1.165, 1.54) is 18.2 Å². The predicted octanol–water partition coefficient (Wildman–Crippen LogP) is 1.67. The fraction of sp³-hybridized carbons (Fsp3) is 0.429. The van der Waals surface area contributed by atoms with Crippen LogP contribution in [0, 0.1) is 11.8 Å². The van der Waals surface area contributed by atoms with Crippen LogP contribution in [0.1, 0.15) is 17.5 Å². The molecule has 1 N–H and O–H groups in total. The zero-order valence-electron chi connectivity index (χ0n) is 10.3. The van der Waals surface area contributed by atoms with Crippen molar-refractivity contribution in [1.82, 2.24) is 0 Å². The van der Waals surface area contributed by atoms with Gasteiger partial charge in [-0.3, -0.25) is 9.59 Å². The van der Waals surface area contributed by atoms with Crippen molar-refractivity contribution < 1.29 is 19.4 Å². The number of aliphatic carboxylic acids is 1. The number of carboxylic acids is 1. The van der Waals surface area contributed by atoms with Crippen molar-refractivity contribution in [1.29, 1.82) is 0 Å². The van der Waals surface area contributed by atoms with Crippen molar-refractivity contribution in [2.24, 2.45) is 11.8 Å². The van der Waals surface area contributed by atoms with Crippen LogP contribution in [0.15, 0.2) is 24.3 Å². The Labute approximate surface area is 106 Å². The van der Waals surface area contributed by atoms with Gasteiger partial charge in [0, 0.05) is 0 Å². The van der Waals surface area contributed by atoms with Crippen molar-refractivity contribution in [3.8, 4) is 0 Å². The first-order valence-electron chi connectivity index (χ1n) is 5.98. The predicted molar refractivity (Wildman–Crippen MR) is 65.1 cm³/mol. The summed E-state index contributed by atoms with van der Waals surface area (Å²) in [5.74, 6) is -2.06. The fourth-order valence-electron chi connectivity index (χ4n) is 2.60. The number of benzene rings is 1. The Balaban J connectivity index is 2.11. The maximum atomic E-state index is 11.3. The molecule has 0 unspecified atom stereocenters. The lowest BCUT2D eigenvalue weighted by Gasteiger charge is -2.17. The normalized spacial score (nSPS) is 16.1. The summed E-state index contributed by atoms with van der Waals surface area (Å²) in [6, 6.07) is 7.95. The summed E-state index contributed by atoms with van der Waals surface area (Å²) in [6.45, 7) is 0. The van der Waals surface area contributed by atoms with E-state index in [0.29, 0.717) is 0 Å². The van der Waals surface area contributed by atoms with Gasteiger partial charge in [-0.05, 0) is 29.9 Å². The van der Waals surface area contributed by atoms with E-state index in [0.717, 1.165) is 12.8 Å². The van der Waals surface area contributed by atoms with Gasteiger partial charge in [-0.25, -0.2) is 0 Å². The molecule has 0 saturated heterocycles. The highest BCUT2D eigenvalue weighted by molar-refractivity contribution is 5.79. The molecule has 1 aliphatic rings. The molecule has 0 aromatic heterocycles. The Kier molecular flexibility index (Phi) is 3.65. The molecule has 0 radical (unpaired) electrons. The third-order valence-electron chi connectivity index (χ3n) is 3.58. The van der Waals surface area contributed by atoms with Gasteiger partial charge in [0.2, 0.25) is 0 Å². The van der Waals surface area contributed by atoms with Crippen molar-refractivity contribution >= 4 is 11.9 Å². The number of hydrogen-bond acceptors (Lipinski definition) is 3. The SMILES string of the molecule is COC(=O)C[C@H](C(=O)O)C1Cc2ccccc2C1. The molecule has 0 heterocycles. The molecule has 0 amide bonds. The average molecular weight is 248 g/mol. The second-order valence-corrected chi connectivity index (χ2v) is 4.66. The van der Waals surface area contributed by atoms with Gasteiger partial charge in [-0.15, -0.1) is 0 Å². The van der Waals surface area contributed by atoms with Gasteiger partial charge in [0.25, 0.3) is 0 Å². The molecule has 2 rings (SSSR count). The van der Waals surface area contributed by atoms with Crippen molar-refractivity contribution in [2.75, 3.05) is 7.11 Å². The Morgan fingerprint density at radius 1 is 1.33 bits per heavy atom. The molecule has 1 atom stereocenters. The highest BCUT2D eigenvalue weighted by Gasteiger charge is 2.34. The monoisotopic (exact) mass is 248 g/mol. The molecule has 0 saturated carbocycles. The Morgan fingerprint density at radius 3 is 2.33 bits per heavy atom. The number of ether oxygens (including phenoxy) is 1. The Bertz CT molecular complexity index is 442. The molecule has 1 aliphatic carbocycles. The van der Waals surface area contributed by atoms with Gasteiger partial charge in [0.15, 0.2) is 0 Å². The molecule has 0 bridgehead atoms. The van der Waals surface area contributed by atoms with Crippen LogP contribution < -0.4 is 0 Å². The molecular weight excluding hydrogens is 232 g/mol. The number of fused-ring (bicyclic) bond motifs is 1. The molecule has 18 heavy (non-hydrogen) atoms. The maximum Gasteiger partial charge on any atom is 0.307 e. The first-order chi connectivity index (χ1) is 8.61. The van der Waals surface area contributed by atoms with Crippen LogP contribution in [0.2, 0.25) is 0 Å². The number of methoxy groups -OCH3 is 1. The van der Waals surface area contributed by atoms with Gasteiger partial charge < -0.3 is 9.84 Å². The number of rotatable bonds is 4. The third-order valence-corrected chi connectivity index (χ3v) is 3.58. The number of hydrogen-bond donors (Lipinski definition) is 1. The molecule has 0 aliphatic heterocycles. The highest BCUT2D eigenvalue weighted by atomic mass is 16.5. The van der Waals surface area contributed by atoms with Crippen molar-refractivity contribution in [3.05, 3.63) is 35.4 Å². The third kappa shape index (κ3) is 2.53. The topological polar surface area (TPSA) is 63.6 Å². The average Bonchev–Trinajstić information content (AvgIpc) is 2.78. The van der Waals surface area contributed by atoms with Gasteiger partial charge in [0.05, 0.1) is 19.4 Å². The highest BCUT2D eigenvalue weighted by Crippen LogP contribution is 2.33. The van der Waals surface area contributed by atoms with Crippen LogP contribution in [-0.2, 0) is 27.2 Å². The molecule has 4 heteroatoms. The van der Waals surface area contributed by atoms with E-state index in [2.05, 4.69) is 4.74 Å². The molecule has 4 nitrogen and oxygen atoms in total. The van der Waals surface area contributed by atoms with E-state index in [4.69, 9.17) is 0 Å². The Hall–Kier alpha value is -1.84. The summed E-state index contributed by atoms with van der Waals surface area (Å²) in [4.78, 5) is 22.6. The fourth-order valence-corrected chi connectivity index (χ4v) is 2.60.